The quantitative estimate of drug-likeness (QED) is 0.863. The Morgan fingerprint density at radius 2 is 2.00 bits per heavy atom. The first-order valence-corrected chi connectivity index (χ1v) is 7.08. The molecule has 0 aliphatic carbocycles. The van der Waals surface area contributed by atoms with Crippen molar-refractivity contribution >= 4 is 11.8 Å². The molecule has 1 aromatic rings. The van der Waals surface area contributed by atoms with Gasteiger partial charge in [0.05, 0.1) is 6.10 Å². The minimum atomic E-state index is -0.527. The molecule has 1 atom stereocenters. The molecule has 1 unspecified atom stereocenters. The highest BCUT2D eigenvalue weighted by Crippen LogP contribution is 2.19. The summed E-state index contributed by atoms with van der Waals surface area (Å²) < 4.78 is 5.24. The van der Waals surface area contributed by atoms with Gasteiger partial charge in [0, 0.05) is 12.1 Å². The summed E-state index contributed by atoms with van der Waals surface area (Å²) in [6, 6.07) is 7.47. The van der Waals surface area contributed by atoms with Crippen molar-refractivity contribution in [2.24, 2.45) is 0 Å². The van der Waals surface area contributed by atoms with E-state index < -0.39 is 11.7 Å². The maximum atomic E-state index is 11.8. The zero-order chi connectivity index (χ0) is 15.2. The number of aliphatic hydroxyl groups excluding tert-OH is 1. The summed E-state index contributed by atoms with van der Waals surface area (Å²) in [6.07, 6.45) is 1.35. The van der Waals surface area contributed by atoms with Crippen LogP contribution in [0.5, 0.6) is 0 Å². The average Bonchev–Trinajstić information content (AvgIpc) is 2.29. The van der Waals surface area contributed by atoms with Gasteiger partial charge >= 0.3 is 6.09 Å². The summed E-state index contributed by atoms with van der Waals surface area (Å²) in [5.41, 5.74) is 1.08. The van der Waals surface area contributed by atoms with Crippen molar-refractivity contribution < 1.29 is 14.6 Å². The van der Waals surface area contributed by atoms with E-state index in [1.54, 1.807) is 0 Å². The first-order chi connectivity index (χ1) is 9.31. The lowest BCUT2D eigenvalue weighted by Crippen LogP contribution is -2.27. The molecule has 0 radical (unpaired) electrons. The summed E-state index contributed by atoms with van der Waals surface area (Å²) in [7, 11) is 0. The third kappa shape index (κ3) is 6.06. The highest BCUT2D eigenvalue weighted by molar-refractivity contribution is 5.85. The van der Waals surface area contributed by atoms with Crippen LogP contribution in [0.1, 0.15) is 46.1 Å². The molecule has 1 rings (SSSR count). The monoisotopic (exact) mass is 279 g/mol. The maximum absolute atomic E-state index is 11.8. The van der Waals surface area contributed by atoms with Crippen LogP contribution in [-0.2, 0) is 11.2 Å². The Hall–Kier alpha value is -1.55. The summed E-state index contributed by atoms with van der Waals surface area (Å²) >= 11 is 0. The fourth-order valence-electron chi connectivity index (χ4n) is 1.92. The Morgan fingerprint density at radius 1 is 1.35 bits per heavy atom. The Morgan fingerprint density at radius 3 is 2.60 bits per heavy atom. The molecule has 4 heteroatoms. The first-order valence-electron chi connectivity index (χ1n) is 7.08. The molecule has 0 aromatic heterocycles. The van der Waals surface area contributed by atoms with Crippen LogP contribution in [0.15, 0.2) is 24.3 Å². The molecule has 20 heavy (non-hydrogen) atoms. The molecule has 0 aliphatic heterocycles. The molecule has 112 valence electrons. The van der Waals surface area contributed by atoms with Gasteiger partial charge in [-0.1, -0.05) is 31.5 Å². The molecule has 1 aromatic carbocycles. The average molecular weight is 279 g/mol. The molecule has 0 fully saturated rings. The van der Waals surface area contributed by atoms with Crippen LogP contribution >= 0.6 is 0 Å². The normalized spacial score (nSPS) is 12.8. The number of nitrogens with one attached hydrogen (secondary N) is 1. The number of aliphatic hydroxyl groups is 1. The van der Waals surface area contributed by atoms with E-state index in [2.05, 4.69) is 5.32 Å². The van der Waals surface area contributed by atoms with Gasteiger partial charge in [-0.15, -0.1) is 0 Å². The molecule has 0 heterocycles. The standard InChI is InChI=1S/C16H25NO3/c1-5-8-13(18)11-12-9-6-7-10-14(12)17-15(19)20-16(2,3)4/h6-7,9-10,13,18H,5,8,11H2,1-4H3,(H,17,19). The fraction of sp³-hybridized carbons (Fsp3) is 0.562. The van der Waals surface area contributed by atoms with E-state index in [1.807, 2.05) is 52.0 Å². The zero-order valence-electron chi connectivity index (χ0n) is 12.8. The van der Waals surface area contributed by atoms with E-state index in [0.29, 0.717) is 12.1 Å². The number of para-hydroxylation sites is 1. The largest absolute Gasteiger partial charge is 0.444 e. The Labute approximate surface area is 121 Å². The van der Waals surface area contributed by atoms with Gasteiger partial charge in [-0.25, -0.2) is 4.79 Å². The van der Waals surface area contributed by atoms with Gasteiger partial charge in [-0.3, -0.25) is 5.32 Å². The van der Waals surface area contributed by atoms with Crippen LogP contribution in [0.3, 0.4) is 0 Å². The number of carbonyl (C=O) groups is 1. The third-order valence-electron chi connectivity index (χ3n) is 2.73. The van der Waals surface area contributed by atoms with E-state index in [-0.39, 0.29) is 6.10 Å². The van der Waals surface area contributed by atoms with Gasteiger partial charge < -0.3 is 9.84 Å². The summed E-state index contributed by atoms with van der Waals surface area (Å²) in [5, 5.41) is 12.6. The lowest BCUT2D eigenvalue weighted by molar-refractivity contribution is 0.0635. The summed E-state index contributed by atoms with van der Waals surface area (Å²) in [6.45, 7) is 7.50. The summed E-state index contributed by atoms with van der Waals surface area (Å²) in [5.74, 6) is 0. The molecule has 2 N–H and O–H groups in total. The molecule has 0 bridgehead atoms. The number of carbonyl (C=O) groups excluding carboxylic acids is 1. The second-order valence-corrected chi connectivity index (χ2v) is 5.93. The molecule has 1 amide bonds. The van der Waals surface area contributed by atoms with Gasteiger partial charge in [0.1, 0.15) is 5.60 Å². The van der Waals surface area contributed by atoms with Crippen molar-refractivity contribution in [3.05, 3.63) is 29.8 Å². The second kappa shape index (κ2) is 7.29. The molecular weight excluding hydrogens is 254 g/mol. The smallest absolute Gasteiger partial charge is 0.412 e. The van der Waals surface area contributed by atoms with E-state index >= 15 is 0 Å². The lowest BCUT2D eigenvalue weighted by atomic mass is 10.0. The van der Waals surface area contributed by atoms with Gasteiger partial charge in [-0.2, -0.15) is 0 Å². The molecule has 0 spiro atoms. The maximum Gasteiger partial charge on any atom is 0.412 e. The predicted molar refractivity (Wildman–Crippen MR) is 80.9 cm³/mol. The van der Waals surface area contributed by atoms with E-state index in [4.69, 9.17) is 4.74 Å². The van der Waals surface area contributed by atoms with Crippen molar-refractivity contribution in [1.82, 2.24) is 0 Å². The number of benzene rings is 1. The Bertz CT molecular complexity index is 438. The van der Waals surface area contributed by atoms with Crippen LogP contribution in [0.4, 0.5) is 10.5 Å². The molecule has 0 saturated carbocycles. The van der Waals surface area contributed by atoms with E-state index in [1.165, 1.54) is 0 Å². The summed E-state index contributed by atoms with van der Waals surface area (Å²) in [4.78, 5) is 11.8. The highest BCUT2D eigenvalue weighted by Gasteiger charge is 2.17. The van der Waals surface area contributed by atoms with Gasteiger partial charge in [0.2, 0.25) is 0 Å². The minimum absolute atomic E-state index is 0.387. The minimum Gasteiger partial charge on any atom is -0.444 e. The zero-order valence-corrected chi connectivity index (χ0v) is 12.8. The van der Waals surface area contributed by atoms with Crippen LogP contribution in [0, 0.1) is 0 Å². The number of rotatable bonds is 5. The van der Waals surface area contributed by atoms with E-state index in [9.17, 15) is 9.90 Å². The van der Waals surface area contributed by atoms with Crippen molar-refractivity contribution in [1.29, 1.82) is 0 Å². The fourth-order valence-corrected chi connectivity index (χ4v) is 1.92. The van der Waals surface area contributed by atoms with Crippen molar-refractivity contribution in [2.75, 3.05) is 5.32 Å². The topological polar surface area (TPSA) is 58.6 Å². The van der Waals surface area contributed by atoms with E-state index in [0.717, 1.165) is 18.4 Å². The number of amides is 1. The first kappa shape index (κ1) is 16.5. The predicted octanol–water partition coefficient (Wildman–Crippen LogP) is 3.74. The molecule has 0 saturated heterocycles. The number of hydrogen-bond donors (Lipinski definition) is 2. The molecule has 0 aliphatic rings. The van der Waals surface area contributed by atoms with Crippen LogP contribution < -0.4 is 5.32 Å². The Balaban J connectivity index is 2.72. The van der Waals surface area contributed by atoms with Gasteiger partial charge in [0.25, 0.3) is 0 Å². The second-order valence-electron chi connectivity index (χ2n) is 5.93. The molecular formula is C16H25NO3. The number of hydrogen-bond acceptors (Lipinski definition) is 3. The van der Waals surface area contributed by atoms with Crippen LogP contribution in [0.25, 0.3) is 0 Å². The number of ether oxygens (including phenoxy) is 1. The number of anilines is 1. The third-order valence-corrected chi connectivity index (χ3v) is 2.73. The van der Waals surface area contributed by atoms with Gasteiger partial charge in [0.15, 0.2) is 0 Å². The lowest BCUT2D eigenvalue weighted by Gasteiger charge is -2.21. The Kier molecular flexibility index (Phi) is 6.02. The van der Waals surface area contributed by atoms with Crippen LogP contribution in [0.2, 0.25) is 0 Å². The highest BCUT2D eigenvalue weighted by atomic mass is 16.6. The van der Waals surface area contributed by atoms with Gasteiger partial charge in [-0.05, 0) is 38.8 Å². The molecule has 4 nitrogen and oxygen atoms in total. The van der Waals surface area contributed by atoms with Crippen molar-refractivity contribution in [3.63, 3.8) is 0 Å². The van der Waals surface area contributed by atoms with Crippen molar-refractivity contribution in [3.8, 4) is 0 Å². The van der Waals surface area contributed by atoms with Crippen molar-refractivity contribution in [2.45, 2.75) is 58.7 Å². The van der Waals surface area contributed by atoms with Crippen LogP contribution in [-0.4, -0.2) is 22.9 Å². The SMILES string of the molecule is CCCC(O)Cc1ccccc1NC(=O)OC(C)(C)C.